The summed E-state index contributed by atoms with van der Waals surface area (Å²) in [6, 6.07) is -0.917. The lowest BCUT2D eigenvalue weighted by atomic mass is 10.1. The fourth-order valence-electron chi connectivity index (χ4n) is 2.69. The molecule has 0 aromatic rings. The third kappa shape index (κ3) is 4.19. The standard InChI is InChI=1S/C15H27N3O4/c1-5-7-17(8-6-2)13(21)10-18-9-12(20)16(4)14(11(3)19)15(18)22/h11,14,19H,5-10H2,1-4H3/t11-,14+/m1/s1. The van der Waals surface area contributed by atoms with Crippen molar-refractivity contribution in [2.75, 3.05) is 33.2 Å². The normalized spacial score (nSPS) is 20.3. The highest BCUT2D eigenvalue weighted by molar-refractivity contribution is 5.97. The highest BCUT2D eigenvalue weighted by Crippen LogP contribution is 2.14. The lowest BCUT2D eigenvalue weighted by Gasteiger charge is -2.39. The molecule has 1 saturated heterocycles. The van der Waals surface area contributed by atoms with E-state index in [0.29, 0.717) is 13.1 Å². The van der Waals surface area contributed by atoms with Crippen molar-refractivity contribution in [1.29, 1.82) is 0 Å². The van der Waals surface area contributed by atoms with Crippen molar-refractivity contribution in [1.82, 2.24) is 14.7 Å². The molecule has 0 aliphatic carbocycles. The van der Waals surface area contributed by atoms with Gasteiger partial charge in [0.2, 0.25) is 17.7 Å². The van der Waals surface area contributed by atoms with Crippen LogP contribution in [0.15, 0.2) is 0 Å². The summed E-state index contributed by atoms with van der Waals surface area (Å²) < 4.78 is 0. The van der Waals surface area contributed by atoms with Gasteiger partial charge in [0.25, 0.3) is 0 Å². The van der Waals surface area contributed by atoms with Crippen LogP contribution in [-0.2, 0) is 14.4 Å². The van der Waals surface area contributed by atoms with Gasteiger partial charge in [-0.05, 0) is 19.8 Å². The number of carbonyl (C=O) groups is 3. The molecule has 2 atom stereocenters. The highest BCUT2D eigenvalue weighted by Gasteiger charge is 2.40. The second kappa shape index (κ2) is 8.12. The van der Waals surface area contributed by atoms with Gasteiger partial charge in [-0.2, -0.15) is 0 Å². The van der Waals surface area contributed by atoms with Crippen LogP contribution in [0.4, 0.5) is 0 Å². The van der Waals surface area contributed by atoms with E-state index in [4.69, 9.17) is 0 Å². The van der Waals surface area contributed by atoms with Gasteiger partial charge in [0.15, 0.2) is 0 Å². The van der Waals surface area contributed by atoms with Gasteiger partial charge in [-0.25, -0.2) is 0 Å². The van der Waals surface area contributed by atoms with Crippen LogP contribution in [0.3, 0.4) is 0 Å². The first-order valence-corrected chi connectivity index (χ1v) is 7.83. The van der Waals surface area contributed by atoms with Crippen molar-refractivity contribution in [3.05, 3.63) is 0 Å². The molecule has 7 heteroatoms. The van der Waals surface area contributed by atoms with Crippen LogP contribution in [-0.4, -0.2) is 82.9 Å². The SMILES string of the molecule is CCCN(CCC)C(=O)CN1CC(=O)N(C)[C@@H]([C@@H](C)O)C1=O. The number of likely N-dealkylation sites (N-methyl/N-ethyl adjacent to an activating group) is 1. The number of nitrogens with zero attached hydrogens (tertiary/aromatic N) is 3. The fourth-order valence-corrected chi connectivity index (χ4v) is 2.69. The highest BCUT2D eigenvalue weighted by atomic mass is 16.3. The molecular weight excluding hydrogens is 286 g/mol. The number of hydrogen-bond acceptors (Lipinski definition) is 4. The van der Waals surface area contributed by atoms with E-state index in [0.717, 1.165) is 12.8 Å². The van der Waals surface area contributed by atoms with Gasteiger partial charge in [0, 0.05) is 20.1 Å². The van der Waals surface area contributed by atoms with Gasteiger partial charge in [0.1, 0.15) is 19.1 Å². The maximum atomic E-state index is 12.4. The van der Waals surface area contributed by atoms with Gasteiger partial charge >= 0.3 is 0 Å². The molecule has 0 bridgehead atoms. The molecule has 1 aliphatic heterocycles. The van der Waals surface area contributed by atoms with Crippen molar-refractivity contribution in [3.8, 4) is 0 Å². The molecule has 1 N–H and O–H groups in total. The van der Waals surface area contributed by atoms with Crippen molar-refractivity contribution in [2.45, 2.75) is 45.8 Å². The Hall–Kier alpha value is -1.63. The number of carbonyl (C=O) groups excluding carboxylic acids is 3. The van der Waals surface area contributed by atoms with E-state index in [1.807, 2.05) is 13.8 Å². The predicted octanol–water partition coefficient (Wildman–Crippen LogP) is -0.315. The molecule has 0 spiro atoms. The number of aliphatic hydroxyl groups excluding tert-OH is 1. The van der Waals surface area contributed by atoms with Gasteiger partial charge < -0.3 is 19.8 Å². The number of amides is 3. The second-order valence-electron chi connectivity index (χ2n) is 5.77. The molecule has 0 unspecified atom stereocenters. The molecular formula is C15H27N3O4. The largest absolute Gasteiger partial charge is 0.391 e. The fraction of sp³-hybridized carbons (Fsp3) is 0.800. The maximum Gasteiger partial charge on any atom is 0.248 e. The Balaban J connectivity index is 2.80. The smallest absolute Gasteiger partial charge is 0.248 e. The van der Waals surface area contributed by atoms with Crippen molar-refractivity contribution < 1.29 is 19.5 Å². The average Bonchev–Trinajstić information content (AvgIpc) is 2.44. The van der Waals surface area contributed by atoms with Gasteiger partial charge in [-0.15, -0.1) is 0 Å². The quantitative estimate of drug-likeness (QED) is 0.699. The molecule has 0 aromatic carbocycles. The van der Waals surface area contributed by atoms with E-state index in [1.54, 1.807) is 4.90 Å². The molecule has 3 amide bonds. The summed E-state index contributed by atoms with van der Waals surface area (Å²) in [5.74, 6) is -0.798. The van der Waals surface area contributed by atoms with Crippen LogP contribution in [0.1, 0.15) is 33.6 Å². The Morgan fingerprint density at radius 1 is 1.32 bits per heavy atom. The Morgan fingerprint density at radius 2 is 1.86 bits per heavy atom. The summed E-state index contributed by atoms with van der Waals surface area (Å²) in [5.41, 5.74) is 0. The Labute approximate surface area is 131 Å². The molecule has 0 aromatic heterocycles. The minimum Gasteiger partial charge on any atom is -0.391 e. The van der Waals surface area contributed by atoms with Crippen LogP contribution in [0.2, 0.25) is 0 Å². The molecule has 1 rings (SSSR count). The molecule has 1 aliphatic rings. The van der Waals surface area contributed by atoms with Crippen LogP contribution in [0, 0.1) is 0 Å². The number of hydrogen-bond donors (Lipinski definition) is 1. The summed E-state index contributed by atoms with van der Waals surface area (Å²) in [4.78, 5) is 40.9. The van der Waals surface area contributed by atoms with E-state index >= 15 is 0 Å². The third-order valence-corrected chi connectivity index (χ3v) is 3.82. The van der Waals surface area contributed by atoms with Crippen LogP contribution in [0.5, 0.6) is 0 Å². The zero-order valence-corrected chi connectivity index (χ0v) is 13.9. The van der Waals surface area contributed by atoms with E-state index in [-0.39, 0.29) is 30.8 Å². The summed E-state index contributed by atoms with van der Waals surface area (Å²) in [7, 11) is 1.50. The van der Waals surface area contributed by atoms with Crippen LogP contribution in [0.25, 0.3) is 0 Å². The first-order valence-electron chi connectivity index (χ1n) is 7.83. The summed E-state index contributed by atoms with van der Waals surface area (Å²) in [5, 5.41) is 9.73. The van der Waals surface area contributed by atoms with E-state index in [2.05, 4.69) is 0 Å². The minimum absolute atomic E-state index is 0.109. The van der Waals surface area contributed by atoms with E-state index < -0.39 is 12.1 Å². The molecule has 0 saturated carbocycles. The Kier molecular flexibility index (Phi) is 6.80. The number of aliphatic hydroxyl groups is 1. The van der Waals surface area contributed by atoms with E-state index in [1.165, 1.54) is 23.8 Å². The van der Waals surface area contributed by atoms with E-state index in [9.17, 15) is 19.5 Å². The van der Waals surface area contributed by atoms with Crippen LogP contribution < -0.4 is 0 Å². The van der Waals surface area contributed by atoms with Gasteiger partial charge in [-0.3, -0.25) is 14.4 Å². The summed E-state index contributed by atoms with van der Waals surface area (Å²) in [6.45, 7) is 6.51. The molecule has 1 fully saturated rings. The first kappa shape index (κ1) is 18.4. The second-order valence-corrected chi connectivity index (χ2v) is 5.77. The average molecular weight is 313 g/mol. The predicted molar refractivity (Wildman–Crippen MR) is 82.0 cm³/mol. The lowest BCUT2D eigenvalue weighted by molar-refractivity contribution is -0.160. The Bertz CT molecular complexity index is 419. The molecule has 126 valence electrons. The monoisotopic (exact) mass is 313 g/mol. The third-order valence-electron chi connectivity index (χ3n) is 3.82. The maximum absolute atomic E-state index is 12.4. The van der Waals surface area contributed by atoms with Crippen molar-refractivity contribution in [2.24, 2.45) is 0 Å². The topological polar surface area (TPSA) is 81.2 Å². The Morgan fingerprint density at radius 3 is 2.32 bits per heavy atom. The summed E-state index contributed by atoms with van der Waals surface area (Å²) in [6.07, 6.45) is 0.719. The molecule has 0 radical (unpaired) electrons. The lowest BCUT2D eigenvalue weighted by Crippen LogP contribution is -2.63. The molecule has 1 heterocycles. The van der Waals surface area contributed by atoms with Crippen molar-refractivity contribution >= 4 is 17.7 Å². The number of piperazine rings is 1. The molecule has 22 heavy (non-hydrogen) atoms. The minimum atomic E-state index is -0.971. The molecule has 7 nitrogen and oxygen atoms in total. The number of rotatable bonds is 7. The van der Waals surface area contributed by atoms with Crippen LogP contribution >= 0.6 is 0 Å². The van der Waals surface area contributed by atoms with Crippen molar-refractivity contribution in [3.63, 3.8) is 0 Å². The first-order chi connectivity index (χ1) is 10.3. The summed E-state index contributed by atoms with van der Waals surface area (Å²) >= 11 is 0. The zero-order valence-electron chi connectivity index (χ0n) is 13.9. The zero-order chi connectivity index (χ0) is 16.9. The van der Waals surface area contributed by atoms with Gasteiger partial charge in [0.05, 0.1) is 6.10 Å². The van der Waals surface area contributed by atoms with Gasteiger partial charge in [-0.1, -0.05) is 13.8 Å².